The number of ether oxygens (including phenoxy) is 1. The number of allylic oxidation sites excluding steroid dienone is 3. The topological polar surface area (TPSA) is 191 Å². The number of aliphatic carboxylic acids is 1. The lowest BCUT2D eigenvalue weighted by Gasteiger charge is -2.33. The van der Waals surface area contributed by atoms with Crippen LogP contribution in [0.1, 0.15) is 68.2 Å². The van der Waals surface area contributed by atoms with Crippen molar-refractivity contribution < 1.29 is 45.0 Å². The standard InChI is InChI=1S/C33H57NO9/c1-10-11-12-20(4)31(43-33(34)42)24(8)29(38)22(6)16-18(2)15-21(5)28(37)19(3)13-14-26(35)17-27(36)23(7)30(39)25(9)32(40)41/h10-15,19-31,35-39H,1,16-17H2,2-9H3,(H2,34,42)(H,40,41)/b12-11-,14-13-,18-15-/t19-,20-,21-,22-,23-,24-,25+,26+,27-,28-,29-,30-,31-/m0/s1. The maximum Gasteiger partial charge on any atom is 0.404 e. The molecule has 13 atom stereocenters. The van der Waals surface area contributed by atoms with Gasteiger partial charge in [-0.05, 0) is 26.2 Å². The number of aliphatic hydroxyl groups is 5. The molecule has 0 aromatic rings. The number of rotatable bonds is 20. The van der Waals surface area contributed by atoms with Gasteiger partial charge < -0.3 is 41.1 Å². The molecule has 0 rings (SSSR count). The van der Waals surface area contributed by atoms with Gasteiger partial charge in [0.05, 0.1) is 36.4 Å². The minimum Gasteiger partial charge on any atom is -0.481 e. The van der Waals surface area contributed by atoms with Crippen LogP contribution in [-0.2, 0) is 9.53 Å². The molecule has 8 N–H and O–H groups in total. The van der Waals surface area contributed by atoms with Crippen molar-refractivity contribution in [2.24, 2.45) is 47.2 Å². The predicted octanol–water partition coefficient (Wildman–Crippen LogP) is 3.82. The van der Waals surface area contributed by atoms with E-state index in [1.54, 1.807) is 25.2 Å². The molecule has 0 aromatic heterocycles. The summed E-state index contributed by atoms with van der Waals surface area (Å²) in [7, 11) is 0. The van der Waals surface area contributed by atoms with Crippen LogP contribution < -0.4 is 5.73 Å². The smallest absolute Gasteiger partial charge is 0.404 e. The highest BCUT2D eigenvalue weighted by Gasteiger charge is 2.34. The Balaban J connectivity index is 5.21. The highest BCUT2D eigenvalue weighted by atomic mass is 16.6. The Labute approximate surface area is 257 Å². The summed E-state index contributed by atoms with van der Waals surface area (Å²) in [6.07, 6.45) is 4.24. The first-order valence-corrected chi connectivity index (χ1v) is 15.1. The van der Waals surface area contributed by atoms with E-state index >= 15 is 0 Å². The fraction of sp³-hybridized carbons (Fsp3) is 0.697. The zero-order valence-corrected chi connectivity index (χ0v) is 27.1. The summed E-state index contributed by atoms with van der Waals surface area (Å²) in [6, 6.07) is 0. The first-order valence-electron chi connectivity index (χ1n) is 15.1. The van der Waals surface area contributed by atoms with Crippen molar-refractivity contribution in [3.63, 3.8) is 0 Å². The van der Waals surface area contributed by atoms with Crippen LogP contribution >= 0.6 is 0 Å². The molecule has 10 nitrogen and oxygen atoms in total. The van der Waals surface area contributed by atoms with Crippen LogP contribution in [0.15, 0.2) is 48.6 Å². The summed E-state index contributed by atoms with van der Waals surface area (Å²) in [4.78, 5) is 22.6. The van der Waals surface area contributed by atoms with Gasteiger partial charge in [-0.15, -0.1) is 0 Å². The van der Waals surface area contributed by atoms with Crippen molar-refractivity contribution in [3.8, 4) is 0 Å². The first kappa shape index (κ1) is 40.5. The van der Waals surface area contributed by atoms with E-state index in [1.807, 2.05) is 46.8 Å². The van der Waals surface area contributed by atoms with Crippen LogP contribution in [-0.4, -0.2) is 79.3 Å². The van der Waals surface area contributed by atoms with Gasteiger partial charge in [0.1, 0.15) is 6.10 Å². The van der Waals surface area contributed by atoms with Gasteiger partial charge in [0.2, 0.25) is 0 Å². The van der Waals surface area contributed by atoms with Gasteiger partial charge in [-0.25, -0.2) is 4.79 Å². The van der Waals surface area contributed by atoms with E-state index in [0.717, 1.165) is 5.57 Å². The SMILES string of the molecule is C=C/C=C\[C@H](C)[C@H](OC(N)=O)[C@@H](C)[C@@H](O)[C@@H](C)C/C(C)=C\[C@H](C)[C@@H](O)[C@@H](C)/C=C\[C@@H](O)C[C@H](O)[C@H](C)[C@H](O)[C@@H](C)C(=O)O. The molecule has 0 radical (unpaired) electrons. The Bertz CT molecular complexity index is 949. The third kappa shape index (κ3) is 14.2. The Kier molecular flexibility index (Phi) is 18.6. The van der Waals surface area contributed by atoms with Crippen LogP contribution in [0, 0.1) is 41.4 Å². The highest BCUT2D eigenvalue weighted by Crippen LogP contribution is 2.29. The molecule has 0 spiro atoms. The van der Waals surface area contributed by atoms with Crippen molar-refractivity contribution in [1.82, 2.24) is 0 Å². The van der Waals surface area contributed by atoms with E-state index in [4.69, 9.17) is 15.6 Å². The summed E-state index contributed by atoms with van der Waals surface area (Å²) in [5.41, 5.74) is 6.26. The maximum absolute atomic E-state index is 11.5. The van der Waals surface area contributed by atoms with Gasteiger partial charge in [-0.3, -0.25) is 4.79 Å². The van der Waals surface area contributed by atoms with Crippen molar-refractivity contribution >= 4 is 12.1 Å². The van der Waals surface area contributed by atoms with Crippen LogP contribution in [0.4, 0.5) is 4.79 Å². The molecule has 0 unspecified atom stereocenters. The number of carbonyl (C=O) groups excluding carboxylic acids is 1. The average Bonchev–Trinajstić information content (AvgIpc) is 2.94. The van der Waals surface area contributed by atoms with Gasteiger partial charge in [0.25, 0.3) is 0 Å². The third-order valence-corrected chi connectivity index (χ3v) is 8.40. The summed E-state index contributed by atoms with van der Waals surface area (Å²) in [5, 5.41) is 61.9. The molecule has 10 heteroatoms. The predicted molar refractivity (Wildman–Crippen MR) is 168 cm³/mol. The van der Waals surface area contributed by atoms with Gasteiger partial charge in [-0.1, -0.05) is 90.2 Å². The lowest BCUT2D eigenvalue weighted by Crippen LogP contribution is -2.41. The lowest BCUT2D eigenvalue weighted by atomic mass is 9.81. The van der Waals surface area contributed by atoms with E-state index in [-0.39, 0.29) is 30.1 Å². The number of carbonyl (C=O) groups is 2. The molecule has 248 valence electrons. The second-order valence-electron chi connectivity index (χ2n) is 12.4. The lowest BCUT2D eigenvalue weighted by molar-refractivity contribution is -0.147. The van der Waals surface area contributed by atoms with E-state index in [1.165, 1.54) is 19.9 Å². The normalized spacial score (nSPS) is 21.9. The van der Waals surface area contributed by atoms with Crippen LogP contribution in [0.3, 0.4) is 0 Å². The van der Waals surface area contributed by atoms with Gasteiger partial charge >= 0.3 is 12.1 Å². The Morgan fingerprint density at radius 1 is 0.814 bits per heavy atom. The summed E-state index contributed by atoms with van der Waals surface area (Å²) < 4.78 is 5.35. The number of hydrogen-bond acceptors (Lipinski definition) is 8. The van der Waals surface area contributed by atoms with Crippen molar-refractivity contribution in [1.29, 1.82) is 0 Å². The maximum atomic E-state index is 11.5. The molecule has 0 saturated carbocycles. The fourth-order valence-corrected chi connectivity index (χ4v) is 5.41. The molecular weight excluding hydrogens is 554 g/mol. The molecule has 0 fully saturated rings. The van der Waals surface area contributed by atoms with Crippen molar-refractivity contribution in [3.05, 3.63) is 48.6 Å². The summed E-state index contributed by atoms with van der Waals surface area (Å²) in [5.74, 6) is -4.32. The molecule has 0 bridgehead atoms. The number of carboxylic acid groups (broad SMARTS) is 1. The highest BCUT2D eigenvalue weighted by molar-refractivity contribution is 5.70. The van der Waals surface area contributed by atoms with Gasteiger partial charge in [-0.2, -0.15) is 0 Å². The van der Waals surface area contributed by atoms with Crippen LogP contribution in [0.5, 0.6) is 0 Å². The Morgan fingerprint density at radius 3 is 1.91 bits per heavy atom. The molecule has 0 aliphatic carbocycles. The molecule has 0 heterocycles. The second kappa shape index (κ2) is 19.7. The number of hydrogen-bond donors (Lipinski definition) is 7. The molecule has 0 saturated heterocycles. The zero-order chi connectivity index (χ0) is 33.6. The molecular formula is C33H57NO9. The molecule has 0 aliphatic rings. The van der Waals surface area contributed by atoms with E-state index in [9.17, 15) is 35.1 Å². The largest absolute Gasteiger partial charge is 0.481 e. The van der Waals surface area contributed by atoms with Crippen LogP contribution in [0.25, 0.3) is 0 Å². The van der Waals surface area contributed by atoms with E-state index < -0.39 is 66.4 Å². The fourth-order valence-electron chi connectivity index (χ4n) is 5.41. The minimum absolute atomic E-state index is 0.0915. The van der Waals surface area contributed by atoms with E-state index in [2.05, 4.69) is 6.58 Å². The van der Waals surface area contributed by atoms with Crippen molar-refractivity contribution in [2.45, 2.75) is 105 Å². The Hall–Kier alpha value is -2.50. The summed E-state index contributed by atoms with van der Waals surface area (Å²) >= 11 is 0. The monoisotopic (exact) mass is 611 g/mol. The molecule has 43 heavy (non-hydrogen) atoms. The zero-order valence-electron chi connectivity index (χ0n) is 27.1. The van der Waals surface area contributed by atoms with Crippen LogP contribution in [0.2, 0.25) is 0 Å². The number of carboxylic acids is 1. The number of primary amides is 1. The van der Waals surface area contributed by atoms with Gasteiger partial charge in [0.15, 0.2) is 0 Å². The molecule has 1 amide bonds. The van der Waals surface area contributed by atoms with Gasteiger partial charge in [0, 0.05) is 36.0 Å². The van der Waals surface area contributed by atoms with Crippen molar-refractivity contribution in [2.75, 3.05) is 0 Å². The molecule has 0 aromatic carbocycles. The third-order valence-electron chi connectivity index (χ3n) is 8.40. The van der Waals surface area contributed by atoms with E-state index in [0.29, 0.717) is 6.42 Å². The summed E-state index contributed by atoms with van der Waals surface area (Å²) in [6.45, 7) is 17.8. The number of nitrogens with two attached hydrogens (primary N) is 1. The number of amides is 1. The minimum atomic E-state index is -1.26. The molecule has 0 aliphatic heterocycles. The Morgan fingerprint density at radius 2 is 1.40 bits per heavy atom. The second-order valence-corrected chi connectivity index (χ2v) is 12.4. The first-order chi connectivity index (χ1) is 19.8. The average molecular weight is 612 g/mol. The number of aliphatic hydroxyl groups excluding tert-OH is 5. The quantitative estimate of drug-likeness (QED) is 0.0792.